The van der Waals surface area contributed by atoms with Crippen LogP contribution in [0.1, 0.15) is 11.4 Å². The average Bonchev–Trinajstić information content (AvgIpc) is 3.03. The van der Waals surface area contributed by atoms with E-state index in [0.717, 1.165) is 33.9 Å². The van der Waals surface area contributed by atoms with Crippen molar-refractivity contribution in [1.82, 2.24) is 10.2 Å². The van der Waals surface area contributed by atoms with Crippen LogP contribution in [0, 0.1) is 24.1 Å². The van der Waals surface area contributed by atoms with E-state index in [1.807, 2.05) is 60.9 Å². The van der Waals surface area contributed by atoms with Crippen LogP contribution >= 0.6 is 11.3 Å². The van der Waals surface area contributed by atoms with Crippen molar-refractivity contribution in [3.63, 3.8) is 0 Å². The topological polar surface area (TPSA) is 177 Å². The van der Waals surface area contributed by atoms with Crippen LogP contribution in [0.2, 0.25) is 0 Å². The highest BCUT2D eigenvalue weighted by molar-refractivity contribution is 7.94. The highest BCUT2D eigenvalue weighted by Crippen LogP contribution is 2.22. The van der Waals surface area contributed by atoms with Gasteiger partial charge in [-0.05, 0) is 53.5 Å². The van der Waals surface area contributed by atoms with Crippen molar-refractivity contribution in [1.29, 1.82) is 0 Å². The molecule has 0 unspecified atom stereocenters. The number of hydrogen-bond donors (Lipinski definition) is 1. The summed E-state index contributed by atoms with van der Waals surface area (Å²) in [5, 5.41) is 15.0. The van der Waals surface area contributed by atoms with E-state index in [2.05, 4.69) is 10.2 Å². The van der Waals surface area contributed by atoms with Crippen molar-refractivity contribution >= 4 is 21.4 Å². The summed E-state index contributed by atoms with van der Waals surface area (Å²) in [5.74, 6) is 0. The zero-order chi connectivity index (χ0) is 21.1. The SMILES string of the molecule is Cc1cc(-c2ccccc2)cc(C)[n+]1-c1nnc(S([NH-])(=O)=O)s1.[O-][Cl+3]([O-])([O-])O. The fourth-order valence-corrected chi connectivity index (χ4v) is 3.91. The van der Waals surface area contributed by atoms with Gasteiger partial charge in [0.15, 0.2) is 0 Å². The Hall–Kier alpha value is -2.03. The van der Waals surface area contributed by atoms with Crippen molar-refractivity contribution in [3.8, 4) is 16.3 Å². The molecule has 0 aliphatic carbocycles. The first-order valence-electron chi connectivity index (χ1n) is 7.42. The van der Waals surface area contributed by atoms with Crippen molar-refractivity contribution in [2.75, 3.05) is 0 Å². The Labute approximate surface area is 166 Å². The second-order valence-electron chi connectivity index (χ2n) is 5.48. The maximum absolute atomic E-state index is 11.3. The van der Waals surface area contributed by atoms with Crippen LogP contribution in [0.4, 0.5) is 0 Å². The standard InChI is InChI=1S/C15H14N4O2S2.ClHO4/c1-10-8-13(12-6-4-3-5-7-12)9-11(2)19(10)14-17-18-15(22-14)23(16,20)21;2-1(3,4)5/h3-9H,1-2H3,(H-,16,20,21);(H,2,3,4,5). The van der Waals surface area contributed by atoms with Gasteiger partial charge in [0.1, 0.15) is 21.4 Å². The van der Waals surface area contributed by atoms with E-state index in [9.17, 15) is 8.42 Å². The van der Waals surface area contributed by atoms with Crippen molar-refractivity contribution < 1.29 is 41.9 Å². The maximum Gasteiger partial charge on any atom is 0.416 e. The van der Waals surface area contributed by atoms with Gasteiger partial charge in [-0.3, -0.25) is 0 Å². The molecule has 0 fully saturated rings. The molecule has 0 atom stereocenters. The van der Waals surface area contributed by atoms with Crippen LogP contribution in [0.15, 0.2) is 46.8 Å². The second-order valence-corrected chi connectivity index (χ2v) is 8.88. The predicted octanol–water partition coefficient (Wildman–Crippen LogP) is -1.28. The molecule has 10 nitrogen and oxygen atoms in total. The van der Waals surface area contributed by atoms with Crippen LogP contribution in [0.5, 0.6) is 0 Å². The number of aromatic nitrogens is 3. The summed E-state index contributed by atoms with van der Waals surface area (Å²) < 4.78 is 56.8. The number of aryl methyl sites for hydroxylation is 2. The molecule has 2 aromatic heterocycles. The maximum atomic E-state index is 11.3. The van der Waals surface area contributed by atoms with Gasteiger partial charge >= 0.3 is 5.13 Å². The second kappa shape index (κ2) is 8.55. The van der Waals surface area contributed by atoms with Gasteiger partial charge in [0.05, 0.1) is 20.0 Å². The summed E-state index contributed by atoms with van der Waals surface area (Å²) in [5.41, 5.74) is 4.01. The number of nitrogens with zero attached hydrogens (tertiary/aromatic N) is 3. The smallest absolute Gasteiger partial charge is 0.416 e. The van der Waals surface area contributed by atoms with Crippen molar-refractivity contribution in [2.24, 2.45) is 0 Å². The molecule has 0 aliphatic rings. The first kappa shape index (κ1) is 22.3. The van der Waals surface area contributed by atoms with E-state index in [-0.39, 0.29) is 4.34 Å². The number of hydrogen-bond acceptors (Lipinski definition) is 9. The molecule has 0 saturated carbocycles. The Morgan fingerprint density at radius 1 is 1.04 bits per heavy atom. The molecule has 0 aliphatic heterocycles. The fraction of sp³-hybridized carbons (Fsp3) is 0.133. The van der Waals surface area contributed by atoms with Crippen LogP contribution in [0.25, 0.3) is 21.4 Å². The normalized spacial score (nSPS) is 11.7. The van der Waals surface area contributed by atoms with Crippen molar-refractivity contribution in [2.45, 2.75) is 18.2 Å². The predicted molar refractivity (Wildman–Crippen MR) is 90.1 cm³/mol. The highest BCUT2D eigenvalue weighted by atomic mass is 35.7. The minimum Gasteiger partial charge on any atom is -0.558 e. The van der Waals surface area contributed by atoms with Gasteiger partial charge in [-0.1, -0.05) is 30.3 Å². The minimum absolute atomic E-state index is 0.300. The lowest BCUT2D eigenvalue weighted by Crippen LogP contribution is -2.58. The van der Waals surface area contributed by atoms with E-state index in [4.69, 9.17) is 23.8 Å². The molecular weight excluding hydrogens is 432 g/mol. The molecule has 28 heavy (non-hydrogen) atoms. The van der Waals surface area contributed by atoms with Crippen molar-refractivity contribution in [3.05, 3.63) is 59.0 Å². The summed E-state index contributed by atoms with van der Waals surface area (Å²) >= 11 is 0.888. The number of rotatable bonds is 3. The molecule has 1 aromatic carbocycles. The van der Waals surface area contributed by atoms with Gasteiger partial charge in [-0.15, -0.1) is 0 Å². The molecule has 0 bridgehead atoms. The van der Waals surface area contributed by atoms with Gasteiger partial charge in [0, 0.05) is 0 Å². The molecule has 13 heteroatoms. The minimum atomic E-state index is -4.69. The lowest BCUT2D eigenvalue weighted by Gasteiger charge is -2.07. The Kier molecular flexibility index (Phi) is 6.80. The van der Waals surface area contributed by atoms with Gasteiger partial charge in [0.2, 0.25) is 4.34 Å². The van der Waals surface area contributed by atoms with Gasteiger partial charge in [0.25, 0.3) is 0 Å². The highest BCUT2D eigenvalue weighted by Gasteiger charge is 2.23. The zero-order valence-electron chi connectivity index (χ0n) is 14.6. The summed E-state index contributed by atoms with van der Waals surface area (Å²) in [6.45, 7) is 3.85. The Morgan fingerprint density at radius 3 is 1.96 bits per heavy atom. The Morgan fingerprint density at radius 2 is 1.54 bits per heavy atom. The number of nitrogens with one attached hydrogen (secondary N) is 1. The van der Waals surface area contributed by atoms with E-state index in [1.54, 1.807) is 0 Å². The number of halogens is 1. The first-order chi connectivity index (χ1) is 12.9. The van der Waals surface area contributed by atoms with E-state index >= 15 is 0 Å². The molecule has 2 heterocycles. The fourth-order valence-electron chi connectivity index (χ4n) is 2.40. The first-order valence-corrected chi connectivity index (χ1v) is 11.0. The van der Waals surface area contributed by atoms with E-state index in [1.165, 1.54) is 0 Å². The number of benzene rings is 1. The number of sulfonamides is 1. The van der Waals surface area contributed by atoms with E-state index in [0.29, 0.717) is 5.13 Å². The van der Waals surface area contributed by atoms with Crippen LogP contribution in [-0.4, -0.2) is 23.3 Å². The average molecular weight is 447 g/mol. The summed E-state index contributed by atoms with van der Waals surface area (Å²) in [6, 6.07) is 14.0. The molecule has 0 saturated heterocycles. The van der Waals surface area contributed by atoms with Crippen LogP contribution < -0.4 is 18.5 Å². The third-order valence-electron chi connectivity index (χ3n) is 3.36. The number of pyridine rings is 1. The van der Waals surface area contributed by atoms with Gasteiger partial charge in [-0.2, -0.15) is 18.5 Å². The zero-order valence-corrected chi connectivity index (χ0v) is 17.0. The quantitative estimate of drug-likeness (QED) is 0.483. The Bertz CT molecular complexity index is 1040. The van der Waals surface area contributed by atoms with Gasteiger partial charge in [-0.25, -0.2) is 8.42 Å². The third-order valence-corrected chi connectivity index (χ3v) is 5.51. The molecular formula is C15H15ClN4O6S2. The van der Waals surface area contributed by atoms with Crippen LogP contribution in [0.3, 0.4) is 0 Å². The monoisotopic (exact) mass is 446 g/mol. The molecule has 0 radical (unpaired) electrons. The lowest BCUT2D eigenvalue weighted by molar-refractivity contribution is -1.92. The molecule has 3 rings (SSSR count). The molecule has 3 aromatic rings. The Balaban J connectivity index is 0.000000500. The molecule has 0 amide bonds. The van der Waals surface area contributed by atoms with E-state index < -0.39 is 20.3 Å². The lowest BCUT2D eigenvalue weighted by atomic mass is 10.0. The summed E-state index contributed by atoms with van der Waals surface area (Å²) in [7, 11) is -8.78. The summed E-state index contributed by atoms with van der Waals surface area (Å²) in [6.07, 6.45) is 0. The molecule has 2 N–H and O–H groups in total. The molecule has 0 spiro atoms. The largest absolute Gasteiger partial charge is 0.558 e. The molecule has 150 valence electrons. The summed E-state index contributed by atoms with van der Waals surface area (Å²) in [4.78, 5) is 0. The third kappa shape index (κ3) is 6.25. The van der Waals surface area contributed by atoms with Gasteiger partial charge < -0.3 is 5.14 Å². The van der Waals surface area contributed by atoms with Crippen LogP contribution in [-0.2, 0) is 10.0 Å².